The normalized spacial score (nSPS) is 13.7. The van der Waals surface area contributed by atoms with Crippen LogP contribution in [0.1, 0.15) is 15.9 Å². The van der Waals surface area contributed by atoms with Crippen molar-refractivity contribution in [2.75, 3.05) is 11.4 Å². The standard InChI is InChI=1S/C17H12ClN3O5S/c18-27(25,26)11-2-4-14-9(7-11)5-6-21(14)17(24)10-1-3-12-13(8-10)20-16(23)15(22)19-12/h1-4,7-8H,5-6H2,(H,19,22)(H,20,23). The Bertz CT molecular complexity index is 1330. The minimum atomic E-state index is -3.84. The number of H-pyrrole nitrogens is 2. The van der Waals surface area contributed by atoms with Crippen molar-refractivity contribution in [3.8, 4) is 0 Å². The van der Waals surface area contributed by atoms with Crippen LogP contribution in [-0.4, -0.2) is 30.8 Å². The molecule has 10 heteroatoms. The molecular formula is C17H12ClN3O5S. The monoisotopic (exact) mass is 405 g/mol. The summed E-state index contributed by atoms with van der Waals surface area (Å²) in [7, 11) is 1.53. The first kappa shape index (κ1) is 17.5. The van der Waals surface area contributed by atoms with Gasteiger partial charge >= 0.3 is 11.1 Å². The maximum atomic E-state index is 12.9. The van der Waals surface area contributed by atoms with E-state index in [0.29, 0.717) is 40.8 Å². The van der Waals surface area contributed by atoms with E-state index < -0.39 is 20.2 Å². The van der Waals surface area contributed by atoms with E-state index in [4.69, 9.17) is 10.7 Å². The van der Waals surface area contributed by atoms with Crippen molar-refractivity contribution in [3.05, 3.63) is 68.2 Å². The Morgan fingerprint density at radius 3 is 2.41 bits per heavy atom. The number of aromatic amines is 2. The summed E-state index contributed by atoms with van der Waals surface area (Å²) >= 11 is 0. The van der Waals surface area contributed by atoms with Gasteiger partial charge in [-0.25, -0.2) is 8.42 Å². The first-order valence-electron chi connectivity index (χ1n) is 7.90. The lowest BCUT2D eigenvalue weighted by Crippen LogP contribution is -2.30. The van der Waals surface area contributed by atoms with E-state index >= 15 is 0 Å². The van der Waals surface area contributed by atoms with Gasteiger partial charge in [-0.3, -0.25) is 14.4 Å². The van der Waals surface area contributed by atoms with E-state index in [1.807, 2.05) is 0 Å². The molecule has 1 aromatic heterocycles. The molecule has 138 valence electrons. The van der Waals surface area contributed by atoms with Crippen molar-refractivity contribution in [1.29, 1.82) is 0 Å². The molecule has 0 saturated heterocycles. The molecule has 2 heterocycles. The fraction of sp³-hybridized carbons (Fsp3) is 0.118. The molecule has 27 heavy (non-hydrogen) atoms. The molecule has 1 aliphatic heterocycles. The van der Waals surface area contributed by atoms with E-state index in [1.54, 1.807) is 18.2 Å². The lowest BCUT2D eigenvalue weighted by atomic mass is 10.1. The fourth-order valence-electron chi connectivity index (χ4n) is 3.14. The van der Waals surface area contributed by atoms with Gasteiger partial charge in [-0.2, -0.15) is 0 Å². The van der Waals surface area contributed by atoms with Crippen LogP contribution in [0.25, 0.3) is 11.0 Å². The van der Waals surface area contributed by atoms with Gasteiger partial charge < -0.3 is 14.9 Å². The summed E-state index contributed by atoms with van der Waals surface area (Å²) in [6.45, 7) is 0.389. The smallest absolute Gasteiger partial charge is 0.314 e. The average Bonchev–Trinajstić information content (AvgIpc) is 3.04. The van der Waals surface area contributed by atoms with Crippen LogP contribution in [0.15, 0.2) is 50.9 Å². The molecule has 0 unspecified atom stereocenters. The number of nitrogens with zero attached hydrogens (tertiary/aromatic N) is 1. The van der Waals surface area contributed by atoms with Crippen LogP contribution in [0.2, 0.25) is 0 Å². The quantitative estimate of drug-likeness (QED) is 0.492. The van der Waals surface area contributed by atoms with Gasteiger partial charge in [-0.05, 0) is 48.4 Å². The molecule has 0 atom stereocenters. The molecule has 4 rings (SSSR count). The van der Waals surface area contributed by atoms with E-state index in [1.165, 1.54) is 23.1 Å². The zero-order chi connectivity index (χ0) is 19.3. The summed E-state index contributed by atoms with van der Waals surface area (Å²) < 4.78 is 23.0. The highest BCUT2D eigenvalue weighted by atomic mass is 35.7. The van der Waals surface area contributed by atoms with Crippen molar-refractivity contribution in [2.24, 2.45) is 0 Å². The molecular weight excluding hydrogens is 394 g/mol. The van der Waals surface area contributed by atoms with Gasteiger partial charge in [-0.1, -0.05) is 0 Å². The highest BCUT2D eigenvalue weighted by Gasteiger charge is 2.27. The maximum absolute atomic E-state index is 12.9. The van der Waals surface area contributed by atoms with Gasteiger partial charge in [0.15, 0.2) is 0 Å². The zero-order valence-electron chi connectivity index (χ0n) is 13.7. The summed E-state index contributed by atoms with van der Waals surface area (Å²) in [5.41, 5.74) is 0.840. The molecule has 0 bridgehead atoms. The molecule has 0 radical (unpaired) electrons. The number of anilines is 1. The Morgan fingerprint density at radius 2 is 1.70 bits per heavy atom. The molecule has 1 amide bonds. The van der Waals surface area contributed by atoms with Crippen molar-refractivity contribution in [1.82, 2.24) is 9.97 Å². The van der Waals surface area contributed by atoms with E-state index in [-0.39, 0.29) is 10.8 Å². The summed E-state index contributed by atoms with van der Waals surface area (Å²) in [6.07, 6.45) is 0.499. The molecule has 0 spiro atoms. The van der Waals surface area contributed by atoms with Crippen molar-refractivity contribution < 1.29 is 13.2 Å². The Labute approximate surface area is 156 Å². The number of fused-ring (bicyclic) bond motifs is 2. The maximum Gasteiger partial charge on any atom is 0.314 e. The third kappa shape index (κ3) is 3.04. The summed E-state index contributed by atoms with van der Waals surface area (Å²) in [4.78, 5) is 42.2. The van der Waals surface area contributed by atoms with Crippen LogP contribution >= 0.6 is 10.7 Å². The van der Waals surface area contributed by atoms with Crippen LogP contribution in [-0.2, 0) is 15.5 Å². The van der Waals surface area contributed by atoms with Crippen molar-refractivity contribution >= 4 is 42.4 Å². The zero-order valence-corrected chi connectivity index (χ0v) is 15.2. The minimum absolute atomic E-state index is 0.00977. The summed E-state index contributed by atoms with van der Waals surface area (Å²) in [6, 6.07) is 8.96. The van der Waals surface area contributed by atoms with Gasteiger partial charge in [0.2, 0.25) is 0 Å². The van der Waals surface area contributed by atoms with Gasteiger partial charge in [0, 0.05) is 28.5 Å². The van der Waals surface area contributed by atoms with Crippen LogP contribution in [0.5, 0.6) is 0 Å². The number of carbonyl (C=O) groups is 1. The van der Waals surface area contributed by atoms with Gasteiger partial charge in [0.1, 0.15) is 0 Å². The average molecular weight is 406 g/mol. The topological polar surface area (TPSA) is 120 Å². The lowest BCUT2D eigenvalue weighted by Gasteiger charge is -2.17. The summed E-state index contributed by atoms with van der Waals surface area (Å²) in [5, 5.41) is 0. The second-order valence-corrected chi connectivity index (χ2v) is 8.67. The van der Waals surface area contributed by atoms with Crippen LogP contribution in [0, 0.1) is 0 Å². The van der Waals surface area contributed by atoms with E-state index in [9.17, 15) is 22.8 Å². The van der Waals surface area contributed by atoms with Gasteiger partial charge in [0.25, 0.3) is 15.0 Å². The molecule has 0 aliphatic carbocycles. The molecule has 0 fully saturated rings. The largest absolute Gasteiger partial charge is 0.316 e. The predicted octanol–water partition coefficient (Wildman–Crippen LogP) is 1.35. The highest BCUT2D eigenvalue weighted by Crippen LogP contribution is 2.32. The van der Waals surface area contributed by atoms with Crippen molar-refractivity contribution in [3.63, 3.8) is 0 Å². The number of nitrogens with one attached hydrogen (secondary N) is 2. The SMILES string of the molecule is O=C(c1ccc2[nH]c(=O)c(=O)[nH]c2c1)N1CCc2cc(S(=O)(=O)Cl)ccc21. The molecule has 3 aromatic rings. The van der Waals surface area contributed by atoms with Crippen LogP contribution in [0.4, 0.5) is 5.69 Å². The number of halogens is 1. The Kier molecular flexibility index (Phi) is 3.93. The number of aromatic nitrogens is 2. The Morgan fingerprint density at radius 1 is 1.00 bits per heavy atom. The Balaban J connectivity index is 1.73. The fourth-order valence-corrected chi connectivity index (χ4v) is 3.95. The first-order chi connectivity index (χ1) is 12.7. The number of rotatable bonds is 2. The number of hydrogen-bond donors (Lipinski definition) is 2. The molecule has 0 saturated carbocycles. The molecule has 2 aromatic carbocycles. The number of amides is 1. The number of hydrogen-bond acceptors (Lipinski definition) is 5. The van der Waals surface area contributed by atoms with Gasteiger partial charge in [0.05, 0.1) is 15.9 Å². The van der Waals surface area contributed by atoms with Crippen LogP contribution in [0.3, 0.4) is 0 Å². The molecule has 2 N–H and O–H groups in total. The number of benzene rings is 2. The van der Waals surface area contributed by atoms with Crippen molar-refractivity contribution in [2.45, 2.75) is 11.3 Å². The predicted molar refractivity (Wildman–Crippen MR) is 100 cm³/mol. The third-order valence-corrected chi connectivity index (χ3v) is 5.79. The second kappa shape index (κ2) is 6.07. The third-order valence-electron chi connectivity index (χ3n) is 4.44. The van der Waals surface area contributed by atoms with Crippen LogP contribution < -0.4 is 16.0 Å². The Hall–Kier alpha value is -2.91. The molecule has 8 nitrogen and oxygen atoms in total. The minimum Gasteiger partial charge on any atom is -0.316 e. The van der Waals surface area contributed by atoms with Gasteiger partial charge in [-0.15, -0.1) is 0 Å². The second-order valence-electron chi connectivity index (χ2n) is 6.10. The van der Waals surface area contributed by atoms with E-state index in [0.717, 1.165) is 0 Å². The first-order valence-corrected chi connectivity index (χ1v) is 10.2. The lowest BCUT2D eigenvalue weighted by molar-refractivity contribution is 0.0989. The summed E-state index contributed by atoms with van der Waals surface area (Å²) in [5.74, 6) is -0.302. The molecule has 1 aliphatic rings. The van der Waals surface area contributed by atoms with E-state index in [2.05, 4.69) is 9.97 Å². The highest BCUT2D eigenvalue weighted by molar-refractivity contribution is 8.13. The number of carbonyl (C=O) groups excluding carboxylic acids is 1.